The molecule has 1 unspecified atom stereocenters. The van der Waals surface area contributed by atoms with E-state index >= 15 is 0 Å². The number of aromatic hydroxyl groups is 1. The van der Waals surface area contributed by atoms with Crippen LogP contribution in [0.15, 0.2) is 24.3 Å². The molecule has 1 aromatic rings. The predicted octanol–water partition coefficient (Wildman–Crippen LogP) is 1.32. The van der Waals surface area contributed by atoms with Crippen LogP contribution in [0, 0.1) is 0 Å². The second-order valence-corrected chi connectivity index (χ2v) is 3.65. The molecule has 0 fully saturated rings. The van der Waals surface area contributed by atoms with Crippen molar-refractivity contribution in [1.29, 1.82) is 0 Å². The summed E-state index contributed by atoms with van der Waals surface area (Å²) in [4.78, 5) is 11.5. The molecule has 1 aromatic carbocycles. The fourth-order valence-electron chi connectivity index (χ4n) is 1.63. The number of carbonyl (C=O) groups excluding carboxylic acids is 1. The average molecular weight is 263 g/mol. The minimum atomic E-state index is -4.90. The van der Waals surface area contributed by atoms with Gasteiger partial charge in [-0.15, -0.1) is 0 Å². The lowest BCUT2D eigenvalue weighted by atomic mass is 9.79. The summed E-state index contributed by atoms with van der Waals surface area (Å²) in [5, 5.41) is 9.07. The summed E-state index contributed by atoms with van der Waals surface area (Å²) in [6, 6.07) is 4.09. The first-order valence-electron chi connectivity index (χ1n) is 4.94. The van der Waals surface area contributed by atoms with Crippen molar-refractivity contribution in [3.8, 4) is 5.75 Å². The van der Waals surface area contributed by atoms with Crippen LogP contribution in [0.25, 0.3) is 0 Å². The number of methoxy groups -OCH3 is 1. The van der Waals surface area contributed by atoms with Crippen molar-refractivity contribution in [2.75, 3.05) is 13.7 Å². The van der Waals surface area contributed by atoms with E-state index in [0.29, 0.717) is 0 Å². The number of esters is 1. The molecule has 7 heteroatoms. The van der Waals surface area contributed by atoms with Gasteiger partial charge in [-0.1, -0.05) is 12.1 Å². The van der Waals surface area contributed by atoms with Crippen molar-refractivity contribution >= 4 is 5.97 Å². The normalized spacial score (nSPS) is 14.9. The van der Waals surface area contributed by atoms with Gasteiger partial charge in [0.15, 0.2) is 5.41 Å². The van der Waals surface area contributed by atoms with Crippen molar-refractivity contribution in [3.63, 3.8) is 0 Å². The molecule has 3 N–H and O–H groups in total. The average Bonchev–Trinajstić information content (AvgIpc) is 2.30. The van der Waals surface area contributed by atoms with E-state index in [-0.39, 0.29) is 11.3 Å². The van der Waals surface area contributed by atoms with Crippen LogP contribution in [0.3, 0.4) is 0 Å². The Labute approximate surface area is 101 Å². The standard InChI is InChI=1S/C11H12F3NO3/c1-18-9(17)10(6-15,11(12,13)14)7-2-4-8(16)5-3-7/h2-5,16H,6,15H2,1H3. The highest BCUT2D eigenvalue weighted by Crippen LogP contribution is 2.41. The number of nitrogens with two attached hydrogens (primary N) is 1. The second kappa shape index (κ2) is 4.85. The molecular weight excluding hydrogens is 251 g/mol. The van der Waals surface area contributed by atoms with Gasteiger partial charge in [-0.3, -0.25) is 4.79 Å². The Kier molecular flexibility index (Phi) is 3.85. The number of benzene rings is 1. The molecule has 0 aromatic heterocycles. The van der Waals surface area contributed by atoms with Gasteiger partial charge in [0, 0.05) is 6.54 Å². The van der Waals surface area contributed by atoms with Gasteiger partial charge < -0.3 is 15.6 Å². The van der Waals surface area contributed by atoms with Gasteiger partial charge in [-0.05, 0) is 17.7 Å². The van der Waals surface area contributed by atoms with E-state index in [1.54, 1.807) is 0 Å². The highest BCUT2D eigenvalue weighted by Gasteiger charge is 2.61. The summed E-state index contributed by atoms with van der Waals surface area (Å²) in [5.74, 6) is -1.69. The monoisotopic (exact) mass is 263 g/mol. The van der Waals surface area contributed by atoms with Gasteiger partial charge in [0.05, 0.1) is 7.11 Å². The van der Waals surface area contributed by atoms with Crippen molar-refractivity contribution in [3.05, 3.63) is 29.8 Å². The quantitative estimate of drug-likeness (QED) is 0.807. The molecule has 0 radical (unpaired) electrons. The van der Waals surface area contributed by atoms with Gasteiger partial charge in [0.25, 0.3) is 0 Å². The highest BCUT2D eigenvalue weighted by atomic mass is 19.4. The van der Waals surface area contributed by atoms with E-state index in [4.69, 9.17) is 10.8 Å². The van der Waals surface area contributed by atoms with Gasteiger partial charge in [-0.25, -0.2) is 0 Å². The minimum absolute atomic E-state index is 0.211. The summed E-state index contributed by atoms with van der Waals surface area (Å²) in [6.07, 6.45) is -4.90. The lowest BCUT2D eigenvalue weighted by Crippen LogP contribution is -2.55. The number of ether oxygens (including phenoxy) is 1. The Morgan fingerprint density at radius 2 is 1.83 bits per heavy atom. The van der Waals surface area contributed by atoms with Gasteiger partial charge >= 0.3 is 12.1 Å². The molecule has 0 saturated carbocycles. The number of alkyl halides is 3. The maximum Gasteiger partial charge on any atom is 0.410 e. The Hall–Kier alpha value is -1.76. The number of hydrogen-bond donors (Lipinski definition) is 2. The van der Waals surface area contributed by atoms with E-state index in [1.165, 1.54) is 0 Å². The van der Waals surface area contributed by atoms with Crippen LogP contribution in [0.1, 0.15) is 5.56 Å². The lowest BCUT2D eigenvalue weighted by Gasteiger charge is -2.32. The van der Waals surface area contributed by atoms with E-state index in [2.05, 4.69) is 4.74 Å². The third-order valence-corrected chi connectivity index (χ3v) is 2.68. The van der Waals surface area contributed by atoms with Crippen LogP contribution in [0.4, 0.5) is 13.2 Å². The Morgan fingerprint density at radius 3 is 2.17 bits per heavy atom. The van der Waals surface area contributed by atoms with Crippen molar-refractivity contribution in [2.24, 2.45) is 5.73 Å². The lowest BCUT2D eigenvalue weighted by molar-refractivity contribution is -0.205. The number of halogens is 3. The molecule has 0 aliphatic heterocycles. The molecule has 0 heterocycles. The van der Waals surface area contributed by atoms with Gasteiger partial charge in [-0.2, -0.15) is 13.2 Å². The number of hydrogen-bond acceptors (Lipinski definition) is 4. The molecule has 0 saturated heterocycles. The van der Waals surface area contributed by atoms with E-state index in [0.717, 1.165) is 31.4 Å². The van der Waals surface area contributed by atoms with Crippen LogP contribution in [-0.2, 0) is 14.9 Å². The summed E-state index contributed by atoms with van der Waals surface area (Å²) < 4.78 is 43.7. The van der Waals surface area contributed by atoms with Crippen LogP contribution in [0.5, 0.6) is 5.75 Å². The molecule has 0 aliphatic rings. The molecule has 18 heavy (non-hydrogen) atoms. The SMILES string of the molecule is COC(=O)C(CN)(c1ccc(O)cc1)C(F)(F)F. The molecule has 100 valence electrons. The first-order valence-corrected chi connectivity index (χ1v) is 4.94. The topological polar surface area (TPSA) is 72.5 Å². The Balaban J connectivity index is 3.45. The van der Waals surface area contributed by atoms with Crippen molar-refractivity contribution in [1.82, 2.24) is 0 Å². The van der Waals surface area contributed by atoms with Crippen LogP contribution >= 0.6 is 0 Å². The third kappa shape index (κ3) is 2.13. The van der Waals surface area contributed by atoms with Crippen molar-refractivity contribution < 1.29 is 27.8 Å². The van der Waals surface area contributed by atoms with Crippen LogP contribution < -0.4 is 5.73 Å². The van der Waals surface area contributed by atoms with Crippen LogP contribution in [0.2, 0.25) is 0 Å². The summed E-state index contributed by atoms with van der Waals surface area (Å²) >= 11 is 0. The fourth-order valence-corrected chi connectivity index (χ4v) is 1.63. The maximum atomic E-state index is 13.2. The van der Waals surface area contributed by atoms with Gasteiger partial charge in [0.1, 0.15) is 5.75 Å². The number of phenolic OH excluding ortho intramolecular Hbond substituents is 1. The van der Waals surface area contributed by atoms with Crippen LogP contribution in [-0.4, -0.2) is 30.9 Å². The highest BCUT2D eigenvalue weighted by molar-refractivity contribution is 5.84. The molecule has 0 aliphatic carbocycles. The minimum Gasteiger partial charge on any atom is -0.508 e. The van der Waals surface area contributed by atoms with E-state index < -0.39 is 24.1 Å². The van der Waals surface area contributed by atoms with E-state index in [1.807, 2.05) is 0 Å². The molecular formula is C11H12F3NO3. The smallest absolute Gasteiger partial charge is 0.410 e. The zero-order chi connectivity index (χ0) is 14.0. The third-order valence-electron chi connectivity index (χ3n) is 2.68. The maximum absolute atomic E-state index is 13.2. The number of carbonyl (C=O) groups is 1. The largest absolute Gasteiger partial charge is 0.508 e. The molecule has 0 bridgehead atoms. The number of rotatable bonds is 3. The molecule has 4 nitrogen and oxygen atoms in total. The molecule has 1 atom stereocenters. The summed E-state index contributed by atoms with van der Waals surface area (Å²) in [6.45, 7) is -0.978. The number of phenols is 1. The first-order chi connectivity index (χ1) is 8.29. The molecule has 0 spiro atoms. The zero-order valence-corrected chi connectivity index (χ0v) is 9.49. The van der Waals surface area contributed by atoms with Gasteiger partial charge in [0.2, 0.25) is 0 Å². The Bertz CT molecular complexity index is 430. The summed E-state index contributed by atoms with van der Waals surface area (Å²) in [5.41, 5.74) is 1.86. The second-order valence-electron chi connectivity index (χ2n) is 3.65. The Morgan fingerprint density at radius 1 is 1.33 bits per heavy atom. The predicted molar refractivity (Wildman–Crippen MR) is 56.9 cm³/mol. The summed E-state index contributed by atoms with van der Waals surface area (Å²) in [7, 11) is 0.860. The molecule has 0 amide bonds. The molecule has 1 rings (SSSR count). The van der Waals surface area contributed by atoms with Crippen molar-refractivity contribution in [2.45, 2.75) is 11.6 Å². The first kappa shape index (κ1) is 14.3. The fraction of sp³-hybridized carbons (Fsp3) is 0.364. The zero-order valence-electron chi connectivity index (χ0n) is 9.49. The van der Waals surface area contributed by atoms with E-state index in [9.17, 15) is 18.0 Å².